The smallest absolute Gasteiger partial charge is 0.128 e. The maximum absolute atomic E-state index is 13.1. The average molecular weight is 237 g/mol. The zero-order chi connectivity index (χ0) is 12.9. The molecule has 0 aliphatic heterocycles. The average Bonchev–Trinajstić information content (AvgIpc) is 2.28. The molecular formula is C13H16FNO2. The summed E-state index contributed by atoms with van der Waals surface area (Å²) in [5.41, 5.74) is -0.0169. The molecule has 0 spiro atoms. The molecule has 0 N–H and O–H groups in total. The number of benzene rings is 1. The SMILES string of the molecule is COC(C)(C)CCOc1cc(F)cc(C#N)c1. The van der Waals surface area contributed by atoms with Gasteiger partial charge < -0.3 is 9.47 Å². The predicted molar refractivity (Wildman–Crippen MR) is 62.3 cm³/mol. The zero-order valence-electron chi connectivity index (χ0n) is 10.3. The number of ether oxygens (including phenoxy) is 2. The fourth-order valence-corrected chi connectivity index (χ4v) is 1.23. The van der Waals surface area contributed by atoms with Crippen molar-refractivity contribution in [2.75, 3.05) is 13.7 Å². The van der Waals surface area contributed by atoms with E-state index in [1.807, 2.05) is 19.9 Å². The topological polar surface area (TPSA) is 42.2 Å². The lowest BCUT2D eigenvalue weighted by molar-refractivity contribution is 0.00544. The molecule has 1 aromatic carbocycles. The minimum Gasteiger partial charge on any atom is -0.493 e. The van der Waals surface area contributed by atoms with E-state index in [1.165, 1.54) is 18.2 Å². The normalized spacial score (nSPS) is 11.0. The van der Waals surface area contributed by atoms with Crippen LogP contribution in [0.1, 0.15) is 25.8 Å². The summed E-state index contributed by atoms with van der Waals surface area (Å²) in [5, 5.41) is 8.69. The molecule has 1 rings (SSSR count). The summed E-state index contributed by atoms with van der Waals surface area (Å²) in [6.07, 6.45) is 0.682. The van der Waals surface area contributed by atoms with Crippen molar-refractivity contribution < 1.29 is 13.9 Å². The van der Waals surface area contributed by atoms with Crippen LogP contribution in [-0.4, -0.2) is 19.3 Å². The minimum atomic E-state index is -0.468. The van der Waals surface area contributed by atoms with Gasteiger partial charge in [-0.15, -0.1) is 0 Å². The van der Waals surface area contributed by atoms with Crippen molar-refractivity contribution in [2.24, 2.45) is 0 Å². The molecule has 0 aromatic heterocycles. The third-order valence-corrected chi connectivity index (χ3v) is 2.53. The second-order valence-electron chi connectivity index (χ2n) is 4.35. The van der Waals surface area contributed by atoms with Gasteiger partial charge in [-0.2, -0.15) is 5.26 Å². The van der Waals surface area contributed by atoms with Gasteiger partial charge in [-0.3, -0.25) is 0 Å². The number of halogens is 1. The Morgan fingerprint density at radius 3 is 2.65 bits per heavy atom. The number of hydrogen-bond acceptors (Lipinski definition) is 3. The van der Waals surface area contributed by atoms with Crippen LogP contribution in [0.2, 0.25) is 0 Å². The molecule has 0 fully saturated rings. The highest BCUT2D eigenvalue weighted by molar-refractivity contribution is 5.36. The Bertz CT molecular complexity index is 424. The molecule has 4 heteroatoms. The Balaban J connectivity index is 2.58. The van der Waals surface area contributed by atoms with E-state index in [-0.39, 0.29) is 11.2 Å². The largest absolute Gasteiger partial charge is 0.493 e. The van der Waals surface area contributed by atoms with Crippen molar-refractivity contribution in [3.8, 4) is 11.8 Å². The Morgan fingerprint density at radius 2 is 2.06 bits per heavy atom. The van der Waals surface area contributed by atoms with Gasteiger partial charge in [0.05, 0.1) is 23.8 Å². The van der Waals surface area contributed by atoms with Gasteiger partial charge in [-0.05, 0) is 26.0 Å². The second kappa shape index (κ2) is 5.65. The van der Waals surface area contributed by atoms with E-state index in [2.05, 4.69) is 0 Å². The zero-order valence-corrected chi connectivity index (χ0v) is 10.3. The highest BCUT2D eigenvalue weighted by Crippen LogP contribution is 2.18. The van der Waals surface area contributed by atoms with E-state index in [9.17, 15) is 4.39 Å². The third-order valence-electron chi connectivity index (χ3n) is 2.53. The first-order valence-corrected chi connectivity index (χ1v) is 5.35. The van der Waals surface area contributed by atoms with E-state index >= 15 is 0 Å². The van der Waals surface area contributed by atoms with Gasteiger partial charge in [0.2, 0.25) is 0 Å². The summed E-state index contributed by atoms with van der Waals surface area (Å²) in [6, 6.07) is 5.84. The standard InChI is InChI=1S/C13H16FNO2/c1-13(2,16-3)4-5-17-12-7-10(9-15)6-11(14)8-12/h6-8H,4-5H2,1-3H3. The molecular weight excluding hydrogens is 221 g/mol. The predicted octanol–water partition coefficient (Wildman–Crippen LogP) is 2.89. The first kappa shape index (κ1) is 13.5. The van der Waals surface area contributed by atoms with Crippen molar-refractivity contribution in [1.29, 1.82) is 5.26 Å². The number of nitriles is 1. The molecule has 17 heavy (non-hydrogen) atoms. The van der Waals surface area contributed by atoms with Gasteiger partial charge in [0, 0.05) is 19.6 Å². The molecule has 0 saturated carbocycles. The molecule has 0 aliphatic carbocycles. The first-order valence-electron chi connectivity index (χ1n) is 5.35. The van der Waals surface area contributed by atoms with Crippen LogP contribution in [0.25, 0.3) is 0 Å². The van der Waals surface area contributed by atoms with Crippen molar-refractivity contribution in [1.82, 2.24) is 0 Å². The van der Waals surface area contributed by atoms with Crippen LogP contribution < -0.4 is 4.74 Å². The first-order chi connectivity index (χ1) is 7.96. The molecule has 0 heterocycles. The molecule has 0 unspecified atom stereocenters. The number of hydrogen-bond donors (Lipinski definition) is 0. The molecule has 0 saturated heterocycles. The van der Waals surface area contributed by atoms with Gasteiger partial charge in [0.1, 0.15) is 11.6 Å². The van der Waals surface area contributed by atoms with E-state index in [1.54, 1.807) is 7.11 Å². The molecule has 0 radical (unpaired) electrons. The lowest BCUT2D eigenvalue weighted by atomic mass is 10.1. The lowest BCUT2D eigenvalue weighted by Crippen LogP contribution is -2.25. The maximum atomic E-state index is 13.1. The summed E-state index contributed by atoms with van der Waals surface area (Å²) >= 11 is 0. The van der Waals surface area contributed by atoms with Crippen LogP contribution in [0.5, 0.6) is 5.75 Å². The number of nitrogens with zero attached hydrogens (tertiary/aromatic N) is 1. The van der Waals surface area contributed by atoms with Crippen LogP contribution in [0.15, 0.2) is 18.2 Å². The van der Waals surface area contributed by atoms with Gasteiger partial charge in [0.15, 0.2) is 0 Å². The van der Waals surface area contributed by atoms with E-state index < -0.39 is 5.82 Å². The number of methoxy groups -OCH3 is 1. The lowest BCUT2D eigenvalue weighted by Gasteiger charge is -2.22. The third kappa shape index (κ3) is 4.41. The van der Waals surface area contributed by atoms with Crippen LogP contribution in [0, 0.1) is 17.1 Å². The number of rotatable bonds is 5. The van der Waals surface area contributed by atoms with Gasteiger partial charge in [-0.1, -0.05) is 0 Å². The second-order valence-corrected chi connectivity index (χ2v) is 4.35. The fourth-order valence-electron chi connectivity index (χ4n) is 1.23. The van der Waals surface area contributed by atoms with Crippen molar-refractivity contribution >= 4 is 0 Å². The fraction of sp³-hybridized carbons (Fsp3) is 0.462. The van der Waals surface area contributed by atoms with Crippen molar-refractivity contribution in [2.45, 2.75) is 25.9 Å². The highest BCUT2D eigenvalue weighted by Gasteiger charge is 2.16. The Kier molecular flexibility index (Phi) is 4.47. The van der Waals surface area contributed by atoms with Crippen LogP contribution in [0.4, 0.5) is 4.39 Å². The quantitative estimate of drug-likeness (QED) is 0.790. The van der Waals surface area contributed by atoms with Crippen LogP contribution in [-0.2, 0) is 4.74 Å². The van der Waals surface area contributed by atoms with Crippen LogP contribution >= 0.6 is 0 Å². The Morgan fingerprint density at radius 1 is 1.35 bits per heavy atom. The molecule has 0 atom stereocenters. The van der Waals surface area contributed by atoms with E-state index in [0.717, 1.165) is 0 Å². The molecule has 0 bridgehead atoms. The molecule has 0 aliphatic rings. The van der Waals surface area contributed by atoms with Gasteiger partial charge in [-0.25, -0.2) is 4.39 Å². The summed E-state index contributed by atoms with van der Waals surface area (Å²) in [6.45, 7) is 4.31. The van der Waals surface area contributed by atoms with Crippen molar-refractivity contribution in [3.05, 3.63) is 29.6 Å². The summed E-state index contributed by atoms with van der Waals surface area (Å²) in [4.78, 5) is 0. The molecule has 92 valence electrons. The van der Waals surface area contributed by atoms with Gasteiger partial charge in [0.25, 0.3) is 0 Å². The molecule has 1 aromatic rings. The van der Waals surface area contributed by atoms with E-state index in [0.29, 0.717) is 18.8 Å². The summed E-state index contributed by atoms with van der Waals surface area (Å²) in [5.74, 6) is -0.0986. The maximum Gasteiger partial charge on any atom is 0.128 e. The molecule has 3 nitrogen and oxygen atoms in total. The Labute approximate surface area is 101 Å². The summed E-state index contributed by atoms with van der Waals surface area (Å²) < 4.78 is 23.7. The van der Waals surface area contributed by atoms with Gasteiger partial charge >= 0.3 is 0 Å². The molecule has 0 amide bonds. The minimum absolute atomic E-state index is 0.256. The summed E-state index contributed by atoms with van der Waals surface area (Å²) in [7, 11) is 1.63. The van der Waals surface area contributed by atoms with Crippen LogP contribution in [0.3, 0.4) is 0 Å². The van der Waals surface area contributed by atoms with Crippen molar-refractivity contribution in [3.63, 3.8) is 0 Å². The van der Waals surface area contributed by atoms with E-state index in [4.69, 9.17) is 14.7 Å². The highest BCUT2D eigenvalue weighted by atomic mass is 19.1. The monoisotopic (exact) mass is 237 g/mol. The Hall–Kier alpha value is -1.60.